The highest BCUT2D eigenvalue weighted by atomic mass is 79.9. The molecule has 1 aromatic rings. The van der Waals surface area contributed by atoms with Crippen LogP contribution < -0.4 is 10.2 Å². The number of anilines is 1. The monoisotopic (exact) mass is 365 g/mol. The molecule has 1 N–H and O–H groups in total. The molecular weight excluding hydrogens is 342 g/mol. The maximum Gasteiger partial charge on any atom is 0.317 e. The van der Waals surface area contributed by atoms with E-state index in [4.69, 9.17) is 0 Å². The van der Waals surface area contributed by atoms with Crippen molar-refractivity contribution in [1.29, 1.82) is 0 Å². The van der Waals surface area contributed by atoms with E-state index < -0.39 is 0 Å². The number of nitrogens with one attached hydrogen (secondary N) is 1. The minimum Gasteiger partial charge on any atom is -0.368 e. The molecule has 0 bridgehead atoms. The highest BCUT2D eigenvalue weighted by Crippen LogP contribution is 2.25. The summed E-state index contributed by atoms with van der Waals surface area (Å²) < 4.78 is 1.11. The number of hydrogen-bond acceptors (Lipinski definition) is 2. The van der Waals surface area contributed by atoms with Crippen LogP contribution in [0.25, 0.3) is 0 Å². The summed E-state index contributed by atoms with van der Waals surface area (Å²) in [6.07, 6.45) is 4.79. The number of benzene rings is 1. The van der Waals surface area contributed by atoms with Crippen LogP contribution in [0.5, 0.6) is 0 Å². The van der Waals surface area contributed by atoms with Crippen LogP contribution in [-0.2, 0) is 0 Å². The number of halogens is 1. The minimum absolute atomic E-state index is 0.124. The van der Waals surface area contributed by atoms with Crippen LogP contribution >= 0.6 is 15.9 Å². The maximum absolute atomic E-state index is 12.3. The van der Waals surface area contributed by atoms with E-state index in [0.717, 1.165) is 43.5 Å². The van der Waals surface area contributed by atoms with E-state index in [9.17, 15) is 4.79 Å². The molecule has 5 heteroatoms. The van der Waals surface area contributed by atoms with Crippen molar-refractivity contribution in [1.82, 2.24) is 10.2 Å². The SMILES string of the molecule is Cc1cc(Br)ccc1N1CCN(C(=O)NC2CCCC2)CC1. The number of rotatable bonds is 2. The first-order valence-electron chi connectivity index (χ1n) is 8.20. The average Bonchev–Trinajstić information content (AvgIpc) is 3.00. The molecule has 120 valence electrons. The van der Waals surface area contributed by atoms with Crippen molar-refractivity contribution in [2.24, 2.45) is 0 Å². The zero-order chi connectivity index (χ0) is 15.5. The van der Waals surface area contributed by atoms with Crippen LogP contribution in [0.4, 0.5) is 10.5 Å². The number of amides is 2. The van der Waals surface area contributed by atoms with Gasteiger partial charge >= 0.3 is 6.03 Å². The number of carbonyl (C=O) groups excluding carboxylic acids is 1. The van der Waals surface area contributed by atoms with Gasteiger partial charge in [0.1, 0.15) is 0 Å². The normalized spacial score (nSPS) is 19.5. The zero-order valence-electron chi connectivity index (χ0n) is 13.1. The Hall–Kier alpha value is -1.23. The molecular formula is C17H24BrN3O. The van der Waals surface area contributed by atoms with Gasteiger partial charge in [-0.05, 0) is 43.5 Å². The summed E-state index contributed by atoms with van der Waals surface area (Å²) in [6, 6.07) is 6.92. The van der Waals surface area contributed by atoms with E-state index in [1.165, 1.54) is 24.1 Å². The van der Waals surface area contributed by atoms with Gasteiger partial charge in [-0.3, -0.25) is 0 Å². The summed E-state index contributed by atoms with van der Waals surface area (Å²) in [7, 11) is 0. The Bertz CT molecular complexity index is 535. The molecule has 1 aliphatic heterocycles. The summed E-state index contributed by atoms with van der Waals surface area (Å²) in [5.74, 6) is 0. The number of carbonyl (C=O) groups is 1. The Morgan fingerprint density at radius 2 is 1.86 bits per heavy atom. The van der Waals surface area contributed by atoms with Gasteiger partial charge < -0.3 is 15.1 Å². The molecule has 2 amide bonds. The van der Waals surface area contributed by atoms with Gasteiger partial charge in [-0.2, -0.15) is 0 Å². The molecule has 22 heavy (non-hydrogen) atoms. The minimum atomic E-state index is 0.124. The number of nitrogens with zero attached hydrogens (tertiary/aromatic N) is 2. The largest absolute Gasteiger partial charge is 0.368 e. The first-order valence-corrected chi connectivity index (χ1v) is 8.99. The molecule has 1 aromatic carbocycles. The fourth-order valence-electron chi connectivity index (χ4n) is 3.46. The smallest absolute Gasteiger partial charge is 0.317 e. The Balaban J connectivity index is 1.54. The highest BCUT2D eigenvalue weighted by molar-refractivity contribution is 9.10. The predicted molar refractivity (Wildman–Crippen MR) is 93.5 cm³/mol. The summed E-state index contributed by atoms with van der Waals surface area (Å²) in [5.41, 5.74) is 2.55. The molecule has 0 unspecified atom stereocenters. The molecule has 1 saturated heterocycles. The molecule has 1 heterocycles. The predicted octanol–water partition coefficient (Wildman–Crippen LogP) is 3.53. The van der Waals surface area contributed by atoms with Crippen LogP contribution in [0.15, 0.2) is 22.7 Å². The second-order valence-corrected chi connectivity index (χ2v) is 7.25. The summed E-state index contributed by atoms with van der Waals surface area (Å²) in [5, 5.41) is 3.18. The van der Waals surface area contributed by atoms with Crippen LogP contribution in [0.3, 0.4) is 0 Å². The summed E-state index contributed by atoms with van der Waals surface area (Å²) >= 11 is 3.51. The Morgan fingerprint density at radius 3 is 2.50 bits per heavy atom. The van der Waals surface area contributed by atoms with Crippen LogP contribution in [0, 0.1) is 6.92 Å². The lowest BCUT2D eigenvalue weighted by Gasteiger charge is -2.37. The first kappa shape index (κ1) is 15.7. The lowest BCUT2D eigenvalue weighted by atomic mass is 10.1. The molecule has 0 spiro atoms. The number of hydrogen-bond donors (Lipinski definition) is 1. The van der Waals surface area contributed by atoms with Crippen molar-refractivity contribution in [3.05, 3.63) is 28.2 Å². The van der Waals surface area contributed by atoms with Crippen LogP contribution in [0.1, 0.15) is 31.2 Å². The molecule has 0 aromatic heterocycles. The van der Waals surface area contributed by atoms with E-state index >= 15 is 0 Å². The molecule has 4 nitrogen and oxygen atoms in total. The van der Waals surface area contributed by atoms with E-state index in [-0.39, 0.29) is 6.03 Å². The zero-order valence-corrected chi connectivity index (χ0v) is 14.7. The molecule has 0 atom stereocenters. The number of piperazine rings is 1. The third-order valence-electron chi connectivity index (χ3n) is 4.75. The number of aryl methyl sites for hydroxylation is 1. The molecule has 3 rings (SSSR count). The Morgan fingerprint density at radius 1 is 1.18 bits per heavy atom. The third-order valence-corrected chi connectivity index (χ3v) is 5.24. The maximum atomic E-state index is 12.3. The van der Waals surface area contributed by atoms with E-state index in [0.29, 0.717) is 6.04 Å². The lowest BCUT2D eigenvalue weighted by Crippen LogP contribution is -2.53. The highest BCUT2D eigenvalue weighted by Gasteiger charge is 2.24. The first-order chi connectivity index (χ1) is 10.6. The fourth-order valence-corrected chi connectivity index (χ4v) is 3.94. The lowest BCUT2D eigenvalue weighted by molar-refractivity contribution is 0.190. The van der Waals surface area contributed by atoms with Crippen LogP contribution in [-0.4, -0.2) is 43.2 Å². The second-order valence-electron chi connectivity index (χ2n) is 6.34. The molecule has 2 aliphatic rings. The van der Waals surface area contributed by atoms with Gasteiger partial charge in [-0.15, -0.1) is 0 Å². The van der Waals surface area contributed by atoms with Crippen LogP contribution in [0.2, 0.25) is 0 Å². The van der Waals surface area contributed by atoms with Gasteiger partial charge in [-0.1, -0.05) is 28.8 Å². The second kappa shape index (κ2) is 6.90. The van der Waals surface area contributed by atoms with Gasteiger partial charge in [0.15, 0.2) is 0 Å². The Labute approximate surface area is 141 Å². The Kier molecular flexibility index (Phi) is 4.91. The van der Waals surface area contributed by atoms with Crippen molar-refractivity contribution >= 4 is 27.6 Å². The molecule has 1 aliphatic carbocycles. The van der Waals surface area contributed by atoms with Crippen molar-refractivity contribution in [3.63, 3.8) is 0 Å². The summed E-state index contributed by atoms with van der Waals surface area (Å²) in [4.78, 5) is 16.6. The van der Waals surface area contributed by atoms with Gasteiger partial charge in [0, 0.05) is 42.4 Å². The topological polar surface area (TPSA) is 35.6 Å². The van der Waals surface area contributed by atoms with Gasteiger partial charge in [0.05, 0.1) is 0 Å². The van der Waals surface area contributed by atoms with E-state index in [1.807, 2.05) is 4.90 Å². The van der Waals surface area contributed by atoms with Crippen molar-refractivity contribution < 1.29 is 4.79 Å². The van der Waals surface area contributed by atoms with E-state index in [2.05, 4.69) is 51.3 Å². The third kappa shape index (κ3) is 3.57. The van der Waals surface area contributed by atoms with Crippen molar-refractivity contribution in [2.75, 3.05) is 31.1 Å². The molecule has 0 radical (unpaired) electrons. The number of urea groups is 1. The van der Waals surface area contributed by atoms with Gasteiger partial charge in [-0.25, -0.2) is 4.79 Å². The fraction of sp³-hybridized carbons (Fsp3) is 0.588. The summed E-state index contributed by atoms with van der Waals surface area (Å²) in [6.45, 7) is 5.54. The van der Waals surface area contributed by atoms with Crippen molar-refractivity contribution in [3.8, 4) is 0 Å². The van der Waals surface area contributed by atoms with Gasteiger partial charge in [0.25, 0.3) is 0 Å². The molecule has 2 fully saturated rings. The quantitative estimate of drug-likeness (QED) is 0.869. The van der Waals surface area contributed by atoms with E-state index in [1.54, 1.807) is 0 Å². The standard InChI is InChI=1S/C17H24BrN3O/c1-13-12-14(18)6-7-16(13)20-8-10-21(11-9-20)17(22)19-15-4-2-3-5-15/h6-7,12,15H,2-5,8-11H2,1H3,(H,19,22). The van der Waals surface area contributed by atoms with Gasteiger partial charge in [0.2, 0.25) is 0 Å². The molecule has 1 saturated carbocycles. The average molecular weight is 366 g/mol. The van der Waals surface area contributed by atoms with Crippen molar-refractivity contribution in [2.45, 2.75) is 38.6 Å².